The van der Waals surface area contributed by atoms with E-state index < -0.39 is 0 Å². The zero-order valence-electron chi connectivity index (χ0n) is 7.28. The van der Waals surface area contributed by atoms with Crippen LogP contribution in [0.15, 0.2) is 36.4 Å². The molecular weight excluding hydrogens is 180 g/mol. The molecule has 0 amide bonds. The first kappa shape index (κ1) is 8.32. The Balaban J connectivity index is 2.33. The van der Waals surface area contributed by atoms with Gasteiger partial charge in [-0.2, -0.15) is 0 Å². The van der Waals surface area contributed by atoms with Crippen LogP contribution in [0.25, 0.3) is 10.4 Å². The van der Waals surface area contributed by atoms with Crippen LogP contribution in [0.2, 0.25) is 0 Å². The van der Waals surface area contributed by atoms with Crippen molar-refractivity contribution in [2.75, 3.05) is 7.11 Å². The molecule has 0 aliphatic carbocycles. The number of rotatable bonds is 2. The standard InChI is InChI=1S/C11H9OS/c1-12-10-6-4-9(5-7-10)11-3-2-8-13-11/h2-7H,1H3. The Morgan fingerprint density at radius 3 is 2.46 bits per heavy atom. The number of hydrogen-bond acceptors (Lipinski definition) is 2. The number of benzene rings is 1. The van der Waals surface area contributed by atoms with Crippen molar-refractivity contribution in [1.29, 1.82) is 0 Å². The molecule has 0 saturated carbocycles. The third-order valence-electron chi connectivity index (χ3n) is 1.85. The maximum atomic E-state index is 5.08. The molecule has 65 valence electrons. The summed E-state index contributed by atoms with van der Waals surface area (Å²) in [6.45, 7) is 0. The van der Waals surface area contributed by atoms with Crippen LogP contribution in [-0.4, -0.2) is 7.11 Å². The van der Waals surface area contributed by atoms with E-state index in [1.807, 2.05) is 18.2 Å². The number of thiophene rings is 1. The first-order valence-electron chi connectivity index (χ1n) is 4.00. The molecule has 0 aliphatic rings. The van der Waals surface area contributed by atoms with Gasteiger partial charge in [0.15, 0.2) is 0 Å². The van der Waals surface area contributed by atoms with Crippen molar-refractivity contribution < 1.29 is 4.74 Å². The van der Waals surface area contributed by atoms with Crippen LogP contribution in [0.3, 0.4) is 0 Å². The molecule has 0 spiro atoms. The minimum atomic E-state index is 0.893. The minimum Gasteiger partial charge on any atom is -0.497 e. The molecule has 1 heterocycles. The summed E-state index contributed by atoms with van der Waals surface area (Å²) < 4.78 is 5.08. The zero-order valence-corrected chi connectivity index (χ0v) is 8.10. The van der Waals surface area contributed by atoms with Crippen molar-refractivity contribution in [3.63, 3.8) is 0 Å². The van der Waals surface area contributed by atoms with Crippen molar-refractivity contribution in [2.24, 2.45) is 0 Å². The summed E-state index contributed by atoms with van der Waals surface area (Å²) >= 11 is 1.62. The summed E-state index contributed by atoms with van der Waals surface area (Å²) in [5, 5.41) is 3.07. The molecule has 0 unspecified atom stereocenters. The lowest BCUT2D eigenvalue weighted by molar-refractivity contribution is 0.415. The molecular formula is C11H9OS. The van der Waals surface area contributed by atoms with E-state index in [-0.39, 0.29) is 0 Å². The summed E-state index contributed by atoms with van der Waals surface area (Å²) in [5.74, 6) is 0.893. The Morgan fingerprint density at radius 2 is 1.92 bits per heavy atom. The average Bonchev–Trinajstić information content (AvgIpc) is 2.71. The molecule has 0 N–H and O–H groups in total. The van der Waals surface area contributed by atoms with Gasteiger partial charge in [0.2, 0.25) is 0 Å². The third kappa shape index (κ3) is 1.73. The fourth-order valence-electron chi connectivity index (χ4n) is 1.15. The van der Waals surface area contributed by atoms with Crippen molar-refractivity contribution in [3.8, 4) is 16.2 Å². The molecule has 1 radical (unpaired) electrons. The minimum absolute atomic E-state index is 0.893. The number of hydrogen-bond donors (Lipinski definition) is 0. The van der Waals surface area contributed by atoms with Gasteiger partial charge < -0.3 is 4.74 Å². The van der Waals surface area contributed by atoms with Gasteiger partial charge in [-0.1, -0.05) is 0 Å². The Kier molecular flexibility index (Phi) is 2.32. The van der Waals surface area contributed by atoms with Crippen LogP contribution >= 0.6 is 11.3 Å². The van der Waals surface area contributed by atoms with Gasteiger partial charge in [-0.15, -0.1) is 11.3 Å². The van der Waals surface area contributed by atoms with Crippen molar-refractivity contribution in [1.82, 2.24) is 0 Å². The van der Waals surface area contributed by atoms with Gasteiger partial charge in [-0.3, -0.25) is 0 Å². The summed E-state index contributed by atoms with van der Waals surface area (Å²) in [6.07, 6.45) is 0. The second-order valence-corrected chi connectivity index (χ2v) is 3.53. The predicted molar refractivity (Wildman–Crippen MR) is 55.1 cm³/mol. The fraction of sp³-hybridized carbons (Fsp3) is 0.0909. The molecule has 0 bridgehead atoms. The van der Waals surface area contributed by atoms with Gasteiger partial charge in [0.05, 0.1) is 7.11 Å². The lowest BCUT2D eigenvalue weighted by Crippen LogP contribution is -1.81. The number of ether oxygens (including phenoxy) is 1. The maximum Gasteiger partial charge on any atom is 0.118 e. The molecule has 1 nitrogen and oxygen atoms in total. The smallest absolute Gasteiger partial charge is 0.118 e. The fourth-order valence-corrected chi connectivity index (χ4v) is 1.80. The molecule has 0 saturated heterocycles. The Hall–Kier alpha value is -1.28. The van der Waals surface area contributed by atoms with Crippen molar-refractivity contribution in [3.05, 3.63) is 41.8 Å². The lowest BCUT2D eigenvalue weighted by Gasteiger charge is -2.00. The monoisotopic (exact) mass is 189 g/mol. The highest BCUT2D eigenvalue weighted by Crippen LogP contribution is 2.25. The normalized spacial score (nSPS) is 9.92. The first-order chi connectivity index (χ1) is 6.40. The second-order valence-electron chi connectivity index (χ2n) is 2.65. The van der Waals surface area contributed by atoms with Gasteiger partial charge in [-0.25, -0.2) is 0 Å². The van der Waals surface area contributed by atoms with E-state index in [1.165, 1.54) is 10.4 Å². The summed E-state index contributed by atoms with van der Waals surface area (Å²) in [6, 6.07) is 12.0. The van der Waals surface area contributed by atoms with E-state index in [9.17, 15) is 0 Å². The molecule has 13 heavy (non-hydrogen) atoms. The molecule has 0 atom stereocenters. The van der Waals surface area contributed by atoms with Gasteiger partial charge >= 0.3 is 0 Å². The first-order valence-corrected chi connectivity index (χ1v) is 4.82. The van der Waals surface area contributed by atoms with Gasteiger partial charge in [0.1, 0.15) is 5.75 Å². The van der Waals surface area contributed by atoms with Crippen LogP contribution in [-0.2, 0) is 0 Å². The quantitative estimate of drug-likeness (QED) is 0.704. The van der Waals surface area contributed by atoms with E-state index in [0.717, 1.165) is 5.75 Å². The zero-order chi connectivity index (χ0) is 9.10. The molecule has 0 fully saturated rings. The second kappa shape index (κ2) is 3.62. The summed E-state index contributed by atoms with van der Waals surface area (Å²) in [5.41, 5.74) is 1.21. The average molecular weight is 189 g/mol. The summed E-state index contributed by atoms with van der Waals surface area (Å²) in [4.78, 5) is 1.24. The molecule has 2 aromatic rings. The van der Waals surface area contributed by atoms with E-state index in [0.29, 0.717) is 0 Å². The van der Waals surface area contributed by atoms with Crippen molar-refractivity contribution in [2.45, 2.75) is 0 Å². The number of methoxy groups -OCH3 is 1. The highest BCUT2D eigenvalue weighted by Gasteiger charge is 1.97. The predicted octanol–water partition coefficient (Wildman–Crippen LogP) is 3.22. The van der Waals surface area contributed by atoms with Gasteiger partial charge in [0, 0.05) is 10.3 Å². The maximum absolute atomic E-state index is 5.08. The van der Waals surface area contributed by atoms with Crippen LogP contribution in [0, 0.1) is 5.38 Å². The van der Waals surface area contributed by atoms with E-state index in [2.05, 4.69) is 23.6 Å². The molecule has 1 aromatic carbocycles. The SMILES string of the molecule is COc1ccc(-c2cc[c]s2)cc1. The Morgan fingerprint density at radius 1 is 1.15 bits per heavy atom. The summed E-state index contributed by atoms with van der Waals surface area (Å²) in [7, 11) is 1.67. The third-order valence-corrected chi connectivity index (χ3v) is 2.69. The van der Waals surface area contributed by atoms with E-state index in [1.54, 1.807) is 18.4 Å². The molecule has 1 aromatic heterocycles. The van der Waals surface area contributed by atoms with E-state index in [4.69, 9.17) is 4.74 Å². The Labute approximate surface area is 81.6 Å². The lowest BCUT2D eigenvalue weighted by atomic mass is 10.2. The highest BCUT2D eigenvalue weighted by molar-refractivity contribution is 7.13. The van der Waals surface area contributed by atoms with Crippen molar-refractivity contribution >= 4 is 11.3 Å². The van der Waals surface area contributed by atoms with Crippen LogP contribution < -0.4 is 4.74 Å². The highest BCUT2D eigenvalue weighted by atomic mass is 32.1. The molecule has 0 aliphatic heterocycles. The van der Waals surface area contributed by atoms with Crippen LogP contribution in [0.4, 0.5) is 0 Å². The molecule has 2 heteroatoms. The molecule has 2 rings (SSSR count). The van der Waals surface area contributed by atoms with Gasteiger partial charge in [-0.05, 0) is 42.0 Å². The Bertz CT molecular complexity index is 361. The van der Waals surface area contributed by atoms with E-state index >= 15 is 0 Å². The largest absolute Gasteiger partial charge is 0.497 e. The topological polar surface area (TPSA) is 9.23 Å². The van der Waals surface area contributed by atoms with Crippen LogP contribution in [0.5, 0.6) is 5.75 Å². The van der Waals surface area contributed by atoms with Crippen LogP contribution in [0.1, 0.15) is 0 Å². The van der Waals surface area contributed by atoms with Gasteiger partial charge in [0.25, 0.3) is 0 Å².